The van der Waals surface area contributed by atoms with Gasteiger partial charge in [-0.1, -0.05) is 18.5 Å². The highest BCUT2D eigenvalue weighted by molar-refractivity contribution is 5.55. The summed E-state index contributed by atoms with van der Waals surface area (Å²) in [6.07, 6.45) is 1.73. The van der Waals surface area contributed by atoms with Crippen LogP contribution >= 0.6 is 0 Å². The molecular weight excluding hydrogens is 230 g/mol. The fourth-order valence-electron chi connectivity index (χ4n) is 1.81. The van der Waals surface area contributed by atoms with Gasteiger partial charge in [0.2, 0.25) is 11.7 Å². The second kappa shape index (κ2) is 4.78. The van der Waals surface area contributed by atoms with E-state index in [1.165, 1.54) is 0 Å². The number of aromatic nitrogens is 2. The van der Waals surface area contributed by atoms with Crippen molar-refractivity contribution in [1.29, 1.82) is 0 Å². The van der Waals surface area contributed by atoms with Crippen LogP contribution in [0.4, 0.5) is 0 Å². The van der Waals surface area contributed by atoms with Gasteiger partial charge in [0, 0.05) is 5.56 Å². The highest BCUT2D eigenvalue weighted by atomic mass is 16.5. The number of hydrogen-bond donors (Lipinski definition) is 2. The number of rotatable bonds is 4. The molecule has 2 rings (SSSR count). The molecule has 2 aromatic rings. The molecule has 0 aliphatic carbocycles. The summed E-state index contributed by atoms with van der Waals surface area (Å²) in [6, 6.07) is 6.63. The number of benzene rings is 1. The Kier molecular flexibility index (Phi) is 3.34. The lowest BCUT2D eigenvalue weighted by Crippen LogP contribution is -2.33. The average Bonchev–Trinajstić information content (AvgIpc) is 2.80. The molecule has 1 aromatic heterocycles. The topological polar surface area (TPSA) is 85.2 Å². The van der Waals surface area contributed by atoms with Crippen molar-refractivity contribution in [3.8, 4) is 17.1 Å². The minimum Gasteiger partial charge on any atom is -0.508 e. The van der Waals surface area contributed by atoms with E-state index in [1.54, 1.807) is 24.3 Å². The Morgan fingerprint density at radius 1 is 1.33 bits per heavy atom. The lowest BCUT2D eigenvalue weighted by Gasteiger charge is -2.18. The molecule has 0 bridgehead atoms. The Bertz CT molecular complexity index is 517. The Balaban J connectivity index is 2.28. The standard InChI is InChI=1S/C13H17N3O2/c1-3-8-13(2,14)12-15-11(16-18-12)9-4-6-10(17)7-5-9/h4-7,17H,3,8,14H2,1-2H3. The van der Waals surface area contributed by atoms with Gasteiger partial charge in [0.1, 0.15) is 5.75 Å². The van der Waals surface area contributed by atoms with Crippen molar-refractivity contribution in [2.75, 3.05) is 0 Å². The van der Waals surface area contributed by atoms with Crippen LogP contribution in [0.25, 0.3) is 11.4 Å². The van der Waals surface area contributed by atoms with Gasteiger partial charge in [0.15, 0.2) is 0 Å². The number of phenolic OH excluding ortho intramolecular Hbond substituents is 1. The monoisotopic (exact) mass is 247 g/mol. The summed E-state index contributed by atoms with van der Waals surface area (Å²) in [6.45, 7) is 3.94. The molecule has 0 fully saturated rings. The normalized spacial score (nSPS) is 14.4. The van der Waals surface area contributed by atoms with Gasteiger partial charge in [-0.15, -0.1) is 0 Å². The van der Waals surface area contributed by atoms with Gasteiger partial charge < -0.3 is 15.4 Å². The lowest BCUT2D eigenvalue weighted by molar-refractivity contribution is 0.284. The highest BCUT2D eigenvalue weighted by Gasteiger charge is 2.27. The van der Waals surface area contributed by atoms with E-state index in [9.17, 15) is 5.11 Å². The van der Waals surface area contributed by atoms with Crippen molar-refractivity contribution in [3.63, 3.8) is 0 Å². The molecule has 0 saturated heterocycles. The fourth-order valence-corrected chi connectivity index (χ4v) is 1.81. The zero-order valence-corrected chi connectivity index (χ0v) is 10.6. The summed E-state index contributed by atoms with van der Waals surface area (Å²) in [5, 5.41) is 13.1. The quantitative estimate of drug-likeness (QED) is 0.866. The van der Waals surface area contributed by atoms with E-state index >= 15 is 0 Å². The molecule has 0 aliphatic rings. The third kappa shape index (κ3) is 2.51. The number of aromatic hydroxyl groups is 1. The van der Waals surface area contributed by atoms with Crippen LogP contribution in [0.2, 0.25) is 0 Å². The van der Waals surface area contributed by atoms with Gasteiger partial charge in [0.25, 0.3) is 0 Å². The van der Waals surface area contributed by atoms with Crippen molar-refractivity contribution in [1.82, 2.24) is 10.1 Å². The van der Waals surface area contributed by atoms with Crippen LogP contribution < -0.4 is 5.73 Å². The van der Waals surface area contributed by atoms with E-state index in [0.717, 1.165) is 18.4 Å². The van der Waals surface area contributed by atoms with Crippen LogP contribution in [0.15, 0.2) is 28.8 Å². The first-order valence-corrected chi connectivity index (χ1v) is 5.95. The molecule has 0 amide bonds. The van der Waals surface area contributed by atoms with Crippen molar-refractivity contribution in [3.05, 3.63) is 30.2 Å². The van der Waals surface area contributed by atoms with Crippen molar-refractivity contribution in [2.24, 2.45) is 5.73 Å². The Hall–Kier alpha value is -1.88. The zero-order chi connectivity index (χ0) is 13.2. The van der Waals surface area contributed by atoms with E-state index in [1.807, 2.05) is 6.92 Å². The molecule has 18 heavy (non-hydrogen) atoms. The summed E-state index contributed by atoms with van der Waals surface area (Å²) < 4.78 is 5.22. The highest BCUT2D eigenvalue weighted by Crippen LogP contribution is 2.25. The maximum absolute atomic E-state index is 9.22. The average molecular weight is 247 g/mol. The maximum atomic E-state index is 9.22. The fraction of sp³-hybridized carbons (Fsp3) is 0.385. The predicted molar refractivity (Wildman–Crippen MR) is 67.8 cm³/mol. The van der Waals surface area contributed by atoms with Crippen molar-refractivity contribution >= 4 is 0 Å². The molecular formula is C13H17N3O2. The second-order valence-electron chi connectivity index (χ2n) is 4.64. The largest absolute Gasteiger partial charge is 0.508 e. The Morgan fingerprint density at radius 3 is 2.61 bits per heavy atom. The number of phenols is 1. The molecule has 3 N–H and O–H groups in total. The van der Waals surface area contributed by atoms with Crippen LogP contribution in [0.1, 0.15) is 32.6 Å². The summed E-state index contributed by atoms with van der Waals surface area (Å²) >= 11 is 0. The van der Waals surface area contributed by atoms with Crippen LogP contribution in [0.3, 0.4) is 0 Å². The first-order valence-electron chi connectivity index (χ1n) is 5.95. The van der Waals surface area contributed by atoms with Crippen LogP contribution in [-0.2, 0) is 5.54 Å². The smallest absolute Gasteiger partial charge is 0.246 e. The summed E-state index contributed by atoms with van der Waals surface area (Å²) in [4.78, 5) is 4.32. The SMILES string of the molecule is CCCC(C)(N)c1nc(-c2ccc(O)cc2)no1. The minimum atomic E-state index is -0.600. The van der Waals surface area contributed by atoms with E-state index < -0.39 is 5.54 Å². The van der Waals surface area contributed by atoms with E-state index in [0.29, 0.717) is 11.7 Å². The molecule has 1 aromatic carbocycles. The first-order chi connectivity index (χ1) is 8.53. The molecule has 96 valence electrons. The lowest BCUT2D eigenvalue weighted by atomic mass is 9.98. The van der Waals surface area contributed by atoms with Gasteiger partial charge in [-0.25, -0.2) is 0 Å². The van der Waals surface area contributed by atoms with Crippen LogP contribution in [0.5, 0.6) is 5.75 Å². The van der Waals surface area contributed by atoms with Crippen molar-refractivity contribution < 1.29 is 9.63 Å². The first kappa shape index (κ1) is 12.6. The molecule has 0 radical (unpaired) electrons. The van der Waals surface area contributed by atoms with E-state index in [4.69, 9.17) is 10.3 Å². The maximum Gasteiger partial charge on any atom is 0.246 e. The number of hydrogen-bond acceptors (Lipinski definition) is 5. The van der Waals surface area contributed by atoms with Crippen molar-refractivity contribution in [2.45, 2.75) is 32.2 Å². The van der Waals surface area contributed by atoms with Gasteiger partial charge in [-0.2, -0.15) is 4.98 Å². The van der Waals surface area contributed by atoms with Gasteiger partial charge in [-0.3, -0.25) is 0 Å². The third-order valence-electron chi connectivity index (χ3n) is 2.81. The molecule has 0 aliphatic heterocycles. The van der Waals surface area contributed by atoms with Crippen LogP contribution in [-0.4, -0.2) is 15.2 Å². The zero-order valence-electron chi connectivity index (χ0n) is 10.6. The molecule has 5 nitrogen and oxygen atoms in total. The van der Waals surface area contributed by atoms with Gasteiger partial charge in [-0.05, 0) is 37.6 Å². The minimum absolute atomic E-state index is 0.206. The molecule has 1 heterocycles. The predicted octanol–water partition coefficient (Wildman–Crippen LogP) is 2.42. The molecule has 5 heteroatoms. The molecule has 0 saturated carbocycles. The second-order valence-corrected chi connectivity index (χ2v) is 4.64. The van der Waals surface area contributed by atoms with Gasteiger partial charge >= 0.3 is 0 Å². The van der Waals surface area contributed by atoms with Crippen LogP contribution in [0, 0.1) is 0 Å². The Morgan fingerprint density at radius 2 is 2.00 bits per heavy atom. The Labute approximate surface area is 106 Å². The summed E-state index contributed by atoms with van der Waals surface area (Å²) in [5.41, 5.74) is 6.31. The molecule has 0 spiro atoms. The van der Waals surface area contributed by atoms with E-state index in [2.05, 4.69) is 17.1 Å². The number of nitrogens with zero attached hydrogens (tertiary/aromatic N) is 2. The molecule has 1 unspecified atom stereocenters. The molecule has 1 atom stereocenters. The summed E-state index contributed by atoms with van der Waals surface area (Å²) in [7, 11) is 0. The van der Waals surface area contributed by atoms with Gasteiger partial charge in [0.05, 0.1) is 5.54 Å². The van der Waals surface area contributed by atoms with E-state index in [-0.39, 0.29) is 5.75 Å². The summed E-state index contributed by atoms with van der Waals surface area (Å²) in [5.74, 6) is 1.13. The third-order valence-corrected chi connectivity index (χ3v) is 2.81. The number of nitrogens with two attached hydrogens (primary N) is 1.